The zero-order chi connectivity index (χ0) is 17.1. The van der Waals surface area contributed by atoms with Crippen molar-refractivity contribution in [3.8, 4) is 0 Å². The molecule has 0 saturated carbocycles. The third-order valence-electron chi connectivity index (χ3n) is 4.11. The van der Waals surface area contributed by atoms with Gasteiger partial charge in [-0.15, -0.1) is 11.3 Å². The third kappa shape index (κ3) is 3.20. The number of rotatable bonds is 5. The Morgan fingerprint density at radius 3 is 2.71 bits per heavy atom. The van der Waals surface area contributed by atoms with E-state index in [0.717, 1.165) is 16.1 Å². The van der Waals surface area contributed by atoms with Crippen molar-refractivity contribution in [1.29, 1.82) is 0 Å². The Balaban J connectivity index is 1.96. The van der Waals surface area contributed by atoms with Crippen LogP contribution in [0.4, 0.5) is 5.69 Å². The summed E-state index contributed by atoms with van der Waals surface area (Å²) in [6.45, 7) is 1.71. The topological polar surface area (TPSA) is 66.8 Å². The number of aliphatic hydroxyl groups excluding tert-OH is 1. The maximum atomic E-state index is 12.6. The van der Waals surface area contributed by atoms with Crippen LogP contribution in [-0.2, 0) is 14.3 Å². The van der Waals surface area contributed by atoms with Crippen LogP contribution >= 0.6 is 11.3 Å². The molecule has 0 aliphatic carbocycles. The summed E-state index contributed by atoms with van der Waals surface area (Å²) in [5.41, 5.74) is 1.89. The number of esters is 1. The van der Waals surface area contributed by atoms with Crippen LogP contribution in [0.15, 0.2) is 41.8 Å². The first-order valence-corrected chi connectivity index (χ1v) is 8.69. The van der Waals surface area contributed by atoms with Crippen molar-refractivity contribution in [1.82, 2.24) is 0 Å². The van der Waals surface area contributed by atoms with Crippen molar-refractivity contribution >= 4 is 28.9 Å². The van der Waals surface area contributed by atoms with E-state index >= 15 is 0 Å². The number of hydrogen-bond acceptors (Lipinski definition) is 5. The lowest BCUT2D eigenvalue weighted by Gasteiger charge is -2.27. The molecule has 1 fully saturated rings. The van der Waals surface area contributed by atoms with Crippen molar-refractivity contribution in [3.05, 3.63) is 52.2 Å². The summed E-state index contributed by atoms with van der Waals surface area (Å²) in [5.74, 6) is -1.10. The summed E-state index contributed by atoms with van der Waals surface area (Å²) in [5, 5.41) is 10.8. The van der Waals surface area contributed by atoms with Crippen molar-refractivity contribution in [2.45, 2.75) is 19.4 Å². The molecule has 3 rings (SSSR count). The molecule has 1 aliphatic heterocycles. The maximum absolute atomic E-state index is 12.6. The fraction of sp³-hybridized carbons (Fsp3) is 0.333. The van der Waals surface area contributed by atoms with E-state index in [1.54, 1.807) is 4.90 Å². The Morgan fingerprint density at radius 1 is 1.33 bits per heavy atom. The minimum Gasteiger partial charge on any atom is -0.463 e. The molecular weight excluding hydrogens is 326 g/mol. The van der Waals surface area contributed by atoms with Gasteiger partial charge in [0.2, 0.25) is 5.91 Å². The molecule has 0 spiro atoms. The Labute approximate surface area is 144 Å². The van der Waals surface area contributed by atoms with Crippen molar-refractivity contribution in [2.75, 3.05) is 18.1 Å². The minimum absolute atomic E-state index is 0.0504. The largest absolute Gasteiger partial charge is 0.463 e. The van der Waals surface area contributed by atoms with Crippen LogP contribution in [0.1, 0.15) is 22.9 Å². The van der Waals surface area contributed by atoms with Gasteiger partial charge in [0.1, 0.15) is 6.61 Å². The van der Waals surface area contributed by atoms with Gasteiger partial charge in [0, 0.05) is 17.0 Å². The Morgan fingerprint density at radius 2 is 2.08 bits per heavy atom. The van der Waals surface area contributed by atoms with Gasteiger partial charge < -0.3 is 14.7 Å². The zero-order valence-electron chi connectivity index (χ0n) is 13.3. The summed E-state index contributed by atoms with van der Waals surface area (Å²) >= 11 is 1.52. The van der Waals surface area contributed by atoms with Gasteiger partial charge in [0.05, 0.1) is 18.6 Å². The van der Waals surface area contributed by atoms with Gasteiger partial charge in [-0.25, -0.2) is 0 Å². The van der Waals surface area contributed by atoms with E-state index in [-0.39, 0.29) is 31.6 Å². The molecule has 0 radical (unpaired) electrons. The number of carbonyl (C=O) groups is 2. The SMILES string of the molecule is Cc1ccc(N2C(=O)C[C@H](C(=O)OCCO)[C@H]2c2cccs2)cc1. The van der Waals surface area contributed by atoms with Crippen LogP contribution in [-0.4, -0.2) is 30.2 Å². The average Bonchev–Trinajstić information content (AvgIpc) is 3.21. The summed E-state index contributed by atoms with van der Waals surface area (Å²) in [7, 11) is 0. The van der Waals surface area contributed by atoms with Crippen LogP contribution in [0.2, 0.25) is 0 Å². The molecule has 24 heavy (non-hydrogen) atoms. The summed E-state index contributed by atoms with van der Waals surface area (Å²) < 4.78 is 5.09. The number of nitrogens with zero attached hydrogens (tertiary/aromatic N) is 1. The predicted octanol–water partition coefficient (Wildman–Crippen LogP) is 2.69. The Hall–Kier alpha value is -2.18. The molecule has 1 aliphatic rings. The maximum Gasteiger partial charge on any atom is 0.312 e. The van der Waals surface area contributed by atoms with E-state index in [9.17, 15) is 9.59 Å². The lowest BCUT2D eigenvalue weighted by Crippen LogP contribution is -2.30. The number of aryl methyl sites for hydroxylation is 1. The highest BCUT2D eigenvalue weighted by atomic mass is 32.1. The Kier molecular flexibility index (Phi) is 4.97. The second kappa shape index (κ2) is 7.15. The van der Waals surface area contributed by atoms with Crippen LogP contribution in [0.5, 0.6) is 0 Å². The highest BCUT2D eigenvalue weighted by molar-refractivity contribution is 7.10. The summed E-state index contributed by atoms with van der Waals surface area (Å²) in [4.78, 5) is 27.6. The molecule has 1 amide bonds. The number of benzene rings is 1. The number of thiophene rings is 1. The molecular formula is C18H19NO4S. The van der Waals surface area contributed by atoms with Gasteiger partial charge in [-0.3, -0.25) is 9.59 Å². The molecule has 1 aromatic carbocycles. The second-order valence-electron chi connectivity index (χ2n) is 5.76. The lowest BCUT2D eigenvalue weighted by atomic mass is 9.99. The van der Waals surface area contributed by atoms with E-state index in [1.165, 1.54) is 11.3 Å². The number of anilines is 1. The molecule has 5 nitrogen and oxygen atoms in total. The minimum atomic E-state index is -0.566. The fourth-order valence-electron chi connectivity index (χ4n) is 2.99. The first-order valence-electron chi connectivity index (χ1n) is 7.81. The van der Waals surface area contributed by atoms with Gasteiger partial charge in [-0.2, -0.15) is 0 Å². The smallest absolute Gasteiger partial charge is 0.312 e. The average molecular weight is 345 g/mol. The lowest BCUT2D eigenvalue weighted by molar-refractivity contribution is -0.150. The van der Waals surface area contributed by atoms with Gasteiger partial charge in [-0.05, 0) is 30.5 Å². The quantitative estimate of drug-likeness (QED) is 0.846. The van der Waals surface area contributed by atoms with E-state index in [0.29, 0.717) is 0 Å². The van der Waals surface area contributed by atoms with Gasteiger partial charge in [-0.1, -0.05) is 23.8 Å². The van der Waals surface area contributed by atoms with Gasteiger partial charge >= 0.3 is 5.97 Å². The van der Waals surface area contributed by atoms with Crippen LogP contribution < -0.4 is 4.90 Å². The molecule has 2 atom stereocenters. The molecule has 1 saturated heterocycles. The fourth-order valence-corrected chi connectivity index (χ4v) is 3.87. The van der Waals surface area contributed by atoms with E-state index in [2.05, 4.69) is 0 Å². The standard InChI is InChI=1S/C18H19NO4S/c1-12-4-6-13(7-5-12)19-16(21)11-14(18(22)23-9-8-20)17(19)15-3-2-10-24-15/h2-7,10,14,17,20H,8-9,11H2,1H3/t14-,17-/m0/s1. The molecule has 6 heteroatoms. The number of ether oxygens (including phenoxy) is 1. The molecule has 2 heterocycles. The van der Waals surface area contributed by atoms with Crippen molar-refractivity contribution in [2.24, 2.45) is 5.92 Å². The third-order valence-corrected chi connectivity index (χ3v) is 5.05. The zero-order valence-corrected chi connectivity index (χ0v) is 14.2. The van der Waals surface area contributed by atoms with Gasteiger partial charge in [0.15, 0.2) is 0 Å². The molecule has 1 N–H and O–H groups in total. The highest BCUT2D eigenvalue weighted by Crippen LogP contribution is 2.43. The second-order valence-corrected chi connectivity index (χ2v) is 6.74. The molecule has 1 aromatic heterocycles. The van der Waals surface area contributed by atoms with Gasteiger partial charge in [0.25, 0.3) is 0 Å². The van der Waals surface area contributed by atoms with E-state index in [1.807, 2.05) is 48.7 Å². The van der Waals surface area contributed by atoms with E-state index < -0.39 is 11.9 Å². The number of amides is 1. The first kappa shape index (κ1) is 16.7. The number of hydrogen-bond donors (Lipinski definition) is 1. The summed E-state index contributed by atoms with van der Waals surface area (Å²) in [6.07, 6.45) is 0.112. The van der Waals surface area contributed by atoms with Crippen molar-refractivity contribution in [3.63, 3.8) is 0 Å². The number of aliphatic hydroxyl groups is 1. The highest BCUT2D eigenvalue weighted by Gasteiger charge is 2.46. The monoisotopic (exact) mass is 345 g/mol. The molecule has 2 aromatic rings. The van der Waals surface area contributed by atoms with Crippen molar-refractivity contribution < 1.29 is 19.4 Å². The van der Waals surface area contributed by atoms with Crippen LogP contribution in [0.25, 0.3) is 0 Å². The van der Waals surface area contributed by atoms with E-state index in [4.69, 9.17) is 9.84 Å². The van der Waals surface area contributed by atoms with Crippen LogP contribution in [0.3, 0.4) is 0 Å². The summed E-state index contributed by atoms with van der Waals surface area (Å²) in [6, 6.07) is 11.2. The first-order chi connectivity index (χ1) is 11.6. The molecule has 0 unspecified atom stereocenters. The molecule has 126 valence electrons. The van der Waals surface area contributed by atoms with Crippen LogP contribution in [0, 0.1) is 12.8 Å². The Bertz CT molecular complexity index is 711. The predicted molar refractivity (Wildman–Crippen MR) is 91.9 cm³/mol. The normalized spacial score (nSPS) is 20.4. The molecule has 0 bridgehead atoms. The number of carbonyl (C=O) groups excluding carboxylic acids is 2.